The summed E-state index contributed by atoms with van der Waals surface area (Å²) in [5, 5.41) is 16.6. The van der Waals surface area contributed by atoms with Gasteiger partial charge in [-0.2, -0.15) is 0 Å². The lowest BCUT2D eigenvalue weighted by Gasteiger charge is -2.12. The van der Waals surface area contributed by atoms with Crippen molar-refractivity contribution in [1.29, 1.82) is 0 Å². The minimum atomic E-state index is 0.581. The number of fused-ring (bicyclic) bond motifs is 21. The molecule has 0 unspecified atom stereocenters. The summed E-state index contributed by atoms with van der Waals surface area (Å²) in [5.74, 6) is 1.86. The van der Waals surface area contributed by atoms with Crippen molar-refractivity contribution in [3.63, 3.8) is 0 Å². The number of hydrogen-bond acceptors (Lipinski definition) is 9. The number of hydrogen-bond donors (Lipinski definition) is 0. The largest absolute Gasteiger partial charge is 0.456 e. The van der Waals surface area contributed by atoms with Gasteiger partial charge >= 0.3 is 0 Å². The van der Waals surface area contributed by atoms with Gasteiger partial charge in [0, 0.05) is 101 Å². The van der Waals surface area contributed by atoms with E-state index in [0.29, 0.717) is 34.9 Å². The highest BCUT2D eigenvalue weighted by atomic mass is 32.1. The number of nitrogens with zero attached hydrogens (tertiary/aromatic N) is 12. The fraction of sp³-hybridized carbons (Fsp3) is 0. The van der Waals surface area contributed by atoms with Crippen molar-refractivity contribution in [2.45, 2.75) is 0 Å². The first-order valence-corrected chi connectivity index (χ1v) is 42.1. The van der Waals surface area contributed by atoms with Crippen molar-refractivity contribution in [2.24, 2.45) is 0 Å². The molecule has 0 bridgehead atoms. The van der Waals surface area contributed by atoms with Gasteiger partial charge in [0.25, 0.3) is 0 Å². The number of benzene rings is 17. The van der Waals surface area contributed by atoms with Gasteiger partial charge in [0.2, 0.25) is 17.8 Å². The van der Waals surface area contributed by atoms with Crippen molar-refractivity contribution in [3.05, 3.63) is 410 Å². The summed E-state index contributed by atoms with van der Waals surface area (Å²) in [6, 6.07) is 128. The third-order valence-corrected chi connectivity index (χ3v) is 25.2. The van der Waals surface area contributed by atoms with Crippen LogP contribution in [0.25, 0.3) is 251 Å². The van der Waals surface area contributed by atoms with Crippen molar-refractivity contribution >= 4 is 191 Å². The van der Waals surface area contributed by atoms with Gasteiger partial charge in [-0.3, -0.25) is 13.7 Å². The smallest absolute Gasteiger partial charge is 0.235 e. The first kappa shape index (κ1) is 72.5. The summed E-state index contributed by atoms with van der Waals surface area (Å²) in [6.45, 7) is 22.1. The molecule has 0 atom stereocenters. The van der Waals surface area contributed by atoms with E-state index in [1.54, 1.807) is 0 Å². The van der Waals surface area contributed by atoms with Gasteiger partial charge in [0.05, 0.1) is 86.4 Å². The van der Waals surface area contributed by atoms with Crippen LogP contribution in [0.3, 0.4) is 0 Å². The van der Waals surface area contributed by atoms with Gasteiger partial charge in [-0.1, -0.05) is 273 Å². The van der Waals surface area contributed by atoms with Gasteiger partial charge in [-0.25, -0.2) is 44.4 Å². The van der Waals surface area contributed by atoms with Gasteiger partial charge in [-0.05, 0) is 131 Å². The molecule has 0 aliphatic rings. The molecule has 17 aromatic carbocycles. The molecular formula is C111H62N12O2S. The Bertz CT molecular complexity index is 9170. The summed E-state index contributed by atoms with van der Waals surface area (Å²) >= 11 is 1.84. The molecule has 9 aromatic heterocycles. The Hall–Kier alpha value is -17.6. The van der Waals surface area contributed by atoms with E-state index in [2.05, 4.69) is 234 Å². The maximum Gasteiger partial charge on any atom is 0.235 e. The second kappa shape index (κ2) is 29.4. The minimum absolute atomic E-state index is 0.581. The fourth-order valence-electron chi connectivity index (χ4n) is 18.2. The molecule has 0 fully saturated rings. The molecule has 0 radical (unpaired) electrons. The Morgan fingerprint density at radius 2 is 0.548 bits per heavy atom. The second-order valence-corrected chi connectivity index (χ2v) is 32.3. The molecule has 9 heterocycles. The predicted molar refractivity (Wildman–Crippen MR) is 515 cm³/mol. The summed E-state index contributed by atoms with van der Waals surface area (Å²) < 4.78 is 21.6. The van der Waals surface area contributed by atoms with Crippen LogP contribution in [0.15, 0.2) is 385 Å². The predicted octanol–water partition coefficient (Wildman–Crippen LogP) is 30.3. The Labute approximate surface area is 722 Å². The van der Waals surface area contributed by atoms with Crippen molar-refractivity contribution in [1.82, 2.24) is 43.6 Å². The molecule has 26 rings (SSSR count). The SMILES string of the molecule is [C-]#[N+]c1ccc(-c2ccc(-c3nc(-n4c5ccccc5c5cc6sc7ccccc7c6cc54)nc4ccccc34)cc2)cc1.[C-]#[N+]c1cccc(-c2ccc(-c3nc(-n4c5ccccc5c5cc6oc7ccccc7c6cc54)nc4ccccc34)cc2)c1.[C-]#[N+]c1cccc(-c2nc(-n3c4ccccc4c4cc5oc6ccccc6c5cc43)nc3ccccc23)c1. The normalized spacial score (nSPS) is 11.6. The maximum absolute atomic E-state index is 7.49. The maximum atomic E-state index is 7.49. The number of thiophene rings is 1. The van der Waals surface area contributed by atoms with Crippen LogP contribution in [-0.2, 0) is 0 Å². The Morgan fingerprint density at radius 3 is 1.00 bits per heavy atom. The van der Waals surface area contributed by atoms with Crippen LogP contribution < -0.4 is 0 Å². The van der Waals surface area contributed by atoms with E-state index in [1.807, 2.05) is 181 Å². The zero-order valence-corrected chi connectivity index (χ0v) is 67.7. The highest BCUT2D eigenvalue weighted by Gasteiger charge is 2.25. The van der Waals surface area contributed by atoms with E-state index in [-0.39, 0.29) is 0 Å². The standard InChI is InChI=1S/C39H22N4O.C39H22N4S.C33H18N4O/c1-40-27-10-8-9-26(21-27)24-17-19-25(20-18-24)38-30-13-2-5-14-33(30)41-39(42-38)43-34-15-6-3-11-28(34)31-23-37-32(22-35(31)43)29-12-4-7-16-36(29)44-37;1-40-27-20-18-25(19-21-27)24-14-16-26(17-15-24)38-30-10-2-5-11-33(30)41-39(42-38)43-34-12-6-3-8-28(34)31-23-37-32(22-35(31)43)29-9-4-7-13-36(29)44-37;1-34-21-10-8-9-20(17-21)32-24-13-2-5-14-27(24)35-33(36-32)37-28-15-6-3-11-22(28)25-19-31-26(18-29(25)37)23-12-4-7-16-30(23)38-31/h2*2-23H;2-19H. The summed E-state index contributed by atoms with van der Waals surface area (Å²) in [7, 11) is 0. The van der Waals surface area contributed by atoms with Gasteiger partial charge in [0.1, 0.15) is 22.3 Å². The lowest BCUT2D eigenvalue weighted by atomic mass is 10.0. The topological polar surface area (TPSA) is 131 Å². The summed E-state index contributed by atoms with van der Waals surface area (Å²) in [6.07, 6.45) is 0. The van der Waals surface area contributed by atoms with Gasteiger partial charge < -0.3 is 8.83 Å². The number of aromatic nitrogens is 9. The molecular weight excluding hydrogens is 1570 g/mol. The van der Waals surface area contributed by atoms with Crippen LogP contribution in [0.4, 0.5) is 17.1 Å². The first-order chi connectivity index (χ1) is 62.3. The van der Waals surface area contributed by atoms with Crippen LogP contribution >= 0.6 is 11.3 Å². The number of para-hydroxylation sites is 8. The van der Waals surface area contributed by atoms with Crippen molar-refractivity contribution in [2.75, 3.05) is 0 Å². The average Bonchev–Trinajstić information content (AvgIpc) is 1.57. The molecule has 126 heavy (non-hydrogen) atoms. The molecule has 0 saturated heterocycles. The highest BCUT2D eigenvalue weighted by Crippen LogP contribution is 2.45. The number of rotatable bonds is 8. The Balaban J connectivity index is 0.000000106. The zero-order chi connectivity index (χ0) is 83.6. The molecule has 0 amide bonds. The molecule has 26 aromatic rings. The minimum Gasteiger partial charge on any atom is -0.456 e. The molecule has 14 nitrogen and oxygen atoms in total. The third-order valence-electron chi connectivity index (χ3n) is 24.1. The van der Waals surface area contributed by atoms with E-state index in [1.165, 1.54) is 30.9 Å². The second-order valence-electron chi connectivity index (χ2n) is 31.3. The van der Waals surface area contributed by atoms with Crippen LogP contribution in [0.2, 0.25) is 0 Å². The number of furan rings is 2. The fourth-order valence-corrected chi connectivity index (χ4v) is 19.3. The Kier molecular flexibility index (Phi) is 16.9. The van der Waals surface area contributed by atoms with Crippen LogP contribution in [0.5, 0.6) is 0 Å². The summed E-state index contributed by atoms with van der Waals surface area (Å²) in [4.78, 5) is 41.7. The third kappa shape index (κ3) is 12.0. The molecule has 0 spiro atoms. The summed E-state index contributed by atoms with van der Waals surface area (Å²) in [5.41, 5.74) is 24.0. The van der Waals surface area contributed by atoms with Crippen LogP contribution in [0.1, 0.15) is 0 Å². The van der Waals surface area contributed by atoms with Crippen molar-refractivity contribution < 1.29 is 8.83 Å². The van der Waals surface area contributed by atoms with Crippen LogP contribution in [-0.4, -0.2) is 43.6 Å². The molecule has 0 aliphatic carbocycles. The molecule has 0 N–H and O–H groups in total. The molecule has 0 aliphatic heterocycles. The van der Waals surface area contributed by atoms with E-state index in [0.717, 1.165) is 187 Å². The quantitative estimate of drug-likeness (QED) is 0.137. The van der Waals surface area contributed by atoms with E-state index in [9.17, 15) is 0 Å². The lowest BCUT2D eigenvalue weighted by Crippen LogP contribution is -2.03. The highest BCUT2D eigenvalue weighted by molar-refractivity contribution is 7.25. The average molecular weight is 1630 g/mol. The lowest BCUT2D eigenvalue weighted by molar-refractivity contribution is 0.669. The van der Waals surface area contributed by atoms with Gasteiger partial charge in [-0.15, -0.1) is 11.3 Å². The van der Waals surface area contributed by atoms with Crippen molar-refractivity contribution in [3.8, 4) is 73.9 Å². The zero-order valence-electron chi connectivity index (χ0n) is 66.9. The molecule has 584 valence electrons. The van der Waals surface area contributed by atoms with Gasteiger partial charge in [0.15, 0.2) is 17.1 Å². The van der Waals surface area contributed by atoms with E-state index >= 15 is 0 Å². The van der Waals surface area contributed by atoms with E-state index in [4.69, 9.17) is 58.5 Å². The first-order valence-electron chi connectivity index (χ1n) is 41.3. The van der Waals surface area contributed by atoms with E-state index < -0.39 is 0 Å². The Morgan fingerprint density at radius 1 is 0.206 bits per heavy atom. The molecule has 15 heteroatoms. The molecule has 0 saturated carbocycles. The monoisotopic (exact) mass is 1630 g/mol. The van der Waals surface area contributed by atoms with Crippen LogP contribution in [0, 0.1) is 19.7 Å².